The molecule has 0 fully saturated rings. The van der Waals surface area contributed by atoms with E-state index in [9.17, 15) is 0 Å². The Labute approximate surface area is 178 Å². The standard InChI is InChI=1S/C20H21ClN4OS2/c1-26-16-6-4-14(5-7-16)11-15-12-24-20(25-19(15)27)23-9-10-28-13-18-17(21)3-2-8-22-18/h2-8,12H,9-11,13H2,1H3,(H2,23,24,25,27). The summed E-state index contributed by atoms with van der Waals surface area (Å²) in [4.78, 5) is 11.9. The molecule has 0 aliphatic rings. The zero-order chi connectivity index (χ0) is 19.8. The Kier molecular flexibility index (Phi) is 7.71. The van der Waals surface area contributed by atoms with Crippen molar-refractivity contribution in [3.63, 3.8) is 0 Å². The molecule has 1 aromatic carbocycles. The zero-order valence-electron chi connectivity index (χ0n) is 15.4. The predicted octanol–water partition coefficient (Wildman–Crippen LogP) is 5.13. The molecule has 0 saturated heterocycles. The van der Waals surface area contributed by atoms with E-state index in [4.69, 9.17) is 28.6 Å². The number of H-pyrrole nitrogens is 1. The molecule has 0 spiro atoms. The van der Waals surface area contributed by atoms with E-state index in [0.717, 1.165) is 47.0 Å². The van der Waals surface area contributed by atoms with Gasteiger partial charge in [0.1, 0.15) is 10.4 Å². The fourth-order valence-electron chi connectivity index (χ4n) is 2.54. The van der Waals surface area contributed by atoms with Crippen molar-refractivity contribution in [2.75, 3.05) is 24.7 Å². The van der Waals surface area contributed by atoms with E-state index >= 15 is 0 Å². The van der Waals surface area contributed by atoms with Crippen LogP contribution in [0.4, 0.5) is 5.95 Å². The third-order valence-electron chi connectivity index (χ3n) is 4.04. The normalized spacial score (nSPS) is 10.6. The highest BCUT2D eigenvalue weighted by Crippen LogP contribution is 2.18. The lowest BCUT2D eigenvalue weighted by atomic mass is 10.1. The number of hydrogen-bond donors (Lipinski definition) is 2. The number of methoxy groups -OCH3 is 1. The number of nitrogens with one attached hydrogen (secondary N) is 2. The number of halogens is 1. The Hall–Kier alpha value is -2.09. The number of nitrogens with zero attached hydrogens (tertiary/aromatic N) is 2. The number of benzene rings is 1. The lowest BCUT2D eigenvalue weighted by Gasteiger charge is -2.08. The Morgan fingerprint density at radius 2 is 2.04 bits per heavy atom. The quantitative estimate of drug-likeness (QED) is 0.361. The van der Waals surface area contributed by atoms with Gasteiger partial charge in [0.25, 0.3) is 0 Å². The summed E-state index contributed by atoms with van der Waals surface area (Å²) < 4.78 is 5.88. The van der Waals surface area contributed by atoms with Gasteiger partial charge in [-0.1, -0.05) is 36.0 Å². The van der Waals surface area contributed by atoms with Crippen molar-refractivity contribution in [3.8, 4) is 5.75 Å². The Morgan fingerprint density at radius 1 is 1.21 bits per heavy atom. The molecule has 2 heterocycles. The van der Waals surface area contributed by atoms with Gasteiger partial charge in [-0.25, -0.2) is 4.98 Å². The van der Waals surface area contributed by atoms with Crippen molar-refractivity contribution < 1.29 is 4.74 Å². The van der Waals surface area contributed by atoms with Crippen molar-refractivity contribution in [1.82, 2.24) is 15.0 Å². The smallest absolute Gasteiger partial charge is 0.201 e. The molecule has 28 heavy (non-hydrogen) atoms. The second-order valence-corrected chi connectivity index (χ2v) is 7.94. The van der Waals surface area contributed by atoms with E-state index in [0.29, 0.717) is 15.6 Å². The van der Waals surface area contributed by atoms with Crippen molar-refractivity contribution in [2.45, 2.75) is 12.2 Å². The minimum absolute atomic E-state index is 0.681. The van der Waals surface area contributed by atoms with Gasteiger partial charge in [0.2, 0.25) is 5.95 Å². The first-order valence-electron chi connectivity index (χ1n) is 8.78. The molecule has 0 amide bonds. The van der Waals surface area contributed by atoms with E-state index in [1.165, 1.54) is 0 Å². The average molecular weight is 433 g/mol. The first-order chi connectivity index (χ1) is 13.7. The van der Waals surface area contributed by atoms with Crippen LogP contribution in [0.1, 0.15) is 16.8 Å². The van der Waals surface area contributed by atoms with E-state index in [1.54, 1.807) is 25.1 Å². The summed E-state index contributed by atoms with van der Waals surface area (Å²) in [5.41, 5.74) is 3.06. The second-order valence-electron chi connectivity index (χ2n) is 6.02. The summed E-state index contributed by atoms with van der Waals surface area (Å²) in [6.07, 6.45) is 4.32. The highest BCUT2D eigenvalue weighted by molar-refractivity contribution is 7.98. The summed E-state index contributed by atoms with van der Waals surface area (Å²) in [6, 6.07) is 11.7. The number of pyridine rings is 1. The average Bonchev–Trinajstić information content (AvgIpc) is 2.71. The van der Waals surface area contributed by atoms with Gasteiger partial charge in [-0.3, -0.25) is 4.98 Å². The molecule has 2 N–H and O–H groups in total. The van der Waals surface area contributed by atoms with Gasteiger partial charge in [-0.05, 0) is 29.8 Å². The SMILES string of the molecule is COc1ccc(Cc2cnc(NCCSCc3ncccc3Cl)[nH]c2=S)cc1. The fraction of sp³-hybridized carbons (Fsp3) is 0.250. The van der Waals surface area contributed by atoms with Gasteiger partial charge in [0.05, 0.1) is 17.8 Å². The summed E-state index contributed by atoms with van der Waals surface area (Å²) in [5, 5.41) is 3.98. The van der Waals surface area contributed by atoms with E-state index in [2.05, 4.69) is 20.3 Å². The molecule has 5 nitrogen and oxygen atoms in total. The third kappa shape index (κ3) is 5.95. The van der Waals surface area contributed by atoms with Gasteiger partial charge in [-0.2, -0.15) is 11.8 Å². The molecule has 0 aliphatic carbocycles. The maximum absolute atomic E-state index is 6.11. The summed E-state index contributed by atoms with van der Waals surface area (Å²) >= 11 is 13.4. The fourth-order valence-corrected chi connectivity index (χ4v) is 3.84. The molecule has 0 aliphatic heterocycles. The highest BCUT2D eigenvalue weighted by Gasteiger charge is 2.04. The van der Waals surface area contributed by atoms with Gasteiger partial charge in [0.15, 0.2) is 0 Å². The van der Waals surface area contributed by atoms with Crippen LogP contribution in [0.25, 0.3) is 0 Å². The Bertz CT molecular complexity index is 963. The van der Waals surface area contributed by atoms with Crippen LogP contribution >= 0.6 is 35.6 Å². The third-order valence-corrected chi connectivity index (χ3v) is 5.72. The van der Waals surface area contributed by atoms with Gasteiger partial charge in [-0.15, -0.1) is 0 Å². The van der Waals surface area contributed by atoms with Gasteiger partial charge >= 0.3 is 0 Å². The number of hydrogen-bond acceptors (Lipinski definition) is 6. The van der Waals surface area contributed by atoms with E-state index < -0.39 is 0 Å². The Morgan fingerprint density at radius 3 is 2.75 bits per heavy atom. The summed E-state index contributed by atoms with van der Waals surface area (Å²) in [7, 11) is 1.66. The van der Waals surface area contributed by atoms with Crippen LogP contribution in [0.3, 0.4) is 0 Å². The molecular weight excluding hydrogens is 412 g/mol. The molecule has 146 valence electrons. The first-order valence-corrected chi connectivity index (χ1v) is 10.7. The lowest BCUT2D eigenvalue weighted by Crippen LogP contribution is -2.08. The lowest BCUT2D eigenvalue weighted by molar-refractivity contribution is 0.414. The number of thioether (sulfide) groups is 1. The zero-order valence-corrected chi connectivity index (χ0v) is 17.8. The van der Waals surface area contributed by atoms with Gasteiger partial charge in [0, 0.05) is 42.4 Å². The first kappa shape index (κ1) is 20.6. The number of ether oxygens (including phenoxy) is 1. The largest absolute Gasteiger partial charge is 0.497 e. The molecule has 3 rings (SSSR count). The predicted molar refractivity (Wildman–Crippen MR) is 119 cm³/mol. The molecule has 0 saturated carbocycles. The maximum Gasteiger partial charge on any atom is 0.201 e. The van der Waals surface area contributed by atoms with Crippen LogP contribution in [-0.4, -0.2) is 34.4 Å². The number of anilines is 1. The molecule has 0 unspecified atom stereocenters. The van der Waals surface area contributed by atoms with Crippen molar-refractivity contribution in [1.29, 1.82) is 0 Å². The second kappa shape index (κ2) is 10.5. The number of rotatable bonds is 9. The molecule has 2 aromatic heterocycles. The number of aromatic nitrogens is 3. The maximum atomic E-state index is 6.11. The summed E-state index contributed by atoms with van der Waals surface area (Å²) in [6.45, 7) is 0.769. The number of aromatic amines is 1. The van der Waals surface area contributed by atoms with E-state index in [1.807, 2.05) is 42.6 Å². The van der Waals surface area contributed by atoms with Crippen LogP contribution in [-0.2, 0) is 12.2 Å². The minimum atomic E-state index is 0.681. The van der Waals surface area contributed by atoms with Crippen molar-refractivity contribution in [3.05, 3.63) is 75.3 Å². The molecule has 0 radical (unpaired) electrons. The van der Waals surface area contributed by atoms with Crippen LogP contribution in [0.5, 0.6) is 5.75 Å². The van der Waals surface area contributed by atoms with E-state index in [-0.39, 0.29) is 0 Å². The molecule has 3 aromatic rings. The van der Waals surface area contributed by atoms with Crippen LogP contribution in [0.2, 0.25) is 5.02 Å². The molecular formula is C20H21ClN4OS2. The highest BCUT2D eigenvalue weighted by atomic mass is 35.5. The summed E-state index contributed by atoms with van der Waals surface area (Å²) in [5.74, 6) is 3.21. The van der Waals surface area contributed by atoms with Crippen molar-refractivity contribution >= 4 is 41.5 Å². The van der Waals surface area contributed by atoms with Crippen LogP contribution in [0, 0.1) is 4.64 Å². The minimum Gasteiger partial charge on any atom is -0.497 e. The van der Waals surface area contributed by atoms with Crippen LogP contribution in [0.15, 0.2) is 48.8 Å². The molecule has 0 atom stereocenters. The molecule has 8 heteroatoms. The topological polar surface area (TPSA) is 62.8 Å². The monoisotopic (exact) mass is 432 g/mol. The molecule has 0 bridgehead atoms. The Balaban J connectivity index is 1.47. The van der Waals surface area contributed by atoms with Crippen LogP contribution < -0.4 is 10.1 Å². The van der Waals surface area contributed by atoms with Gasteiger partial charge < -0.3 is 15.0 Å². The van der Waals surface area contributed by atoms with Crippen molar-refractivity contribution in [2.24, 2.45) is 0 Å².